The lowest BCUT2D eigenvalue weighted by atomic mass is 9.79. The number of fused-ring (bicyclic) bond motifs is 1. The molecule has 7 heteroatoms. The number of benzene rings is 1. The minimum Gasteiger partial charge on any atom is -0.351 e. The number of nitrogens with zero attached hydrogens (tertiary/aromatic N) is 3. The smallest absolute Gasteiger partial charge is 0.314 e. The normalized spacial score (nSPS) is 18.8. The highest BCUT2D eigenvalue weighted by Crippen LogP contribution is 2.32. The molecule has 4 rings (SSSR count). The van der Waals surface area contributed by atoms with E-state index < -0.39 is 0 Å². The molecule has 2 saturated heterocycles. The molecule has 2 fully saturated rings. The van der Waals surface area contributed by atoms with Crippen molar-refractivity contribution < 1.29 is 9.59 Å². The Morgan fingerprint density at radius 3 is 2.30 bits per heavy atom. The van der Waals surface area contributed by atoms with E-state index in [2.05, 4.69) is 29.3 Å². The van der Waals surface area contributed by atoms with Crippen molar-refractivity contribution in [2.24, 2.45) is 17.6 Å². The molecule has 0 bridgehead atoms. The van der Waals surface area contributed by atoms with E-state index in [1.807, 2.05) is 11.1 Å². The lowest BCUT2D eigenvalue weighted by Crippen LogP contribution is -2.45. The molecule has 3 heterocycles. The molecule has 2 aliphatic heterocycles. The Morgan fingerprint density at radius 1 is 1.07 bits per heavy atom. The number of likely N-dealkylation sites (tertiary alicyclic amines) is 2. The average molecular weight is 412 g/mol. The van der Waals surface area contributed by atoms with Crippen molar-refractivity contribution in [3.63, 3.8) is 0 Å². The molecular formula is C23H33N5O2. The second-order valence-corrected chi connectivity index (χ2v) is 8.82. The first-order valence-electron chi connectivity index (χ1n) is 11.3. The van der Waals surface area contributed by atoms with Crippen LogP contribution in [0, 0.1) is 11.8 Å². The summed E-state index contributed by atoms with van der Waals surface area (Å²) in [5.41, 5.74) is 8.97. The van der Waals surface area contributed by atoms with Crippen LogP contribution in [0.15, 0.2) is 18.3 Å². The van der Waals surface area contributed by atoms with Gasteiger partial charge in [0.2, 0.25) is 5.91 Å². The molecule has 1 aromatic carbocycles. The van der Waals surface area contributed by atoms with Gasteiger partial charge in [-0.2, -0.15) is 5.10 Å². The Balaban J connectivity index is 1.25. The summed E-state index contributed by atoms with van der Waals surface area (Å²) in [6.07, 6.45) is 8.38. The van der Waals surface area contributed by atoms with E-state index in [0.29, 0.717) is 18.3 Å². The first-order chi connectivity index (χ1) is 14.5. The number of aromatic nitrogens is 2. The molecule has 2 aromatic rings. The highest BCUT2D eigenvalue weighted by atomic mass is 16.2. The molecule has 162 valence electrons. The molecule has 0 saturated carbocycles. The van der Waals surface area contributed by atoms with Gasteiger partial charge in [-0.3, -0.25) is 9.89 Å². The molecule has 0 unspecified atom stereocenters. The van der Waals surface area contributed by atoms with Crippen molar-refractivity contribution in [2.75, 3.05) is 26.2 Å². The van der Waals surface area contributed by atoms with Crippen LogP contribution in [0.1, 0.15) is 50.2 Å². The second-order valence-electron chi connectivity index (χ2n) is 8.82. The number of amides is 3. The number of aromatic amines is 1. The average Bonchev–Trinajstić information content (AvgIpc) is 3.26. The van der Waals surface area contributed by atoms with Gasteiger partial charge >= 0.3 is 6.03 Å². The van der Waals surface area contributed by atoms with Crippen LogP contribution in [0.4, 0.5) is 4.79 Å². The third-order valence-corrected chi connectivity index (χ3v) is 7.11. The fourth-order valence-corrected chi connectivity index (χ4v) is 5.24. The number of rotatable bonds is 5. The minimum atomic E-state index is -0.299. The highest BCUT2D eigenvalue weighted by molar-refractivity contribution is 5.82. The highest BCUT2D eigenvalue weighted by Gasteiger charge is 2.31. The lowest BCUT2D eigenvalue weighted by Gasteiger charge is -2.39. The number of hydrogen-bond acceptors (Lipinski definition) is 3. The second kappa shape index (κ2) is 9.06. The van der Waals surface area contributed by atoms with Crippen molar-refractivity contribution in [2.45, 2.75) is 51.9 Å². The summed E-state index contributed by atoms with van der Waals surface area (Å²) in [4.78, 5) is 27.9. The van der Waals surface area contributed by atoms with E-state index >= 15 is 0 Å². The molecule has 1 aromatic heterocycles. The van der Waals surface area contributed by atoms with E-state index in [1.54, 1.807) is 4.90 Å². The minimum absolute atomic E-state index is 0.266. The Kier molecular flexibility index (Phi) is 6.25. The van der Waals surface area contributed by atoms with Crippen molar-refractivity contribution in [1.29, 1.82) is 0 Å². The maximum absolute atomic E-state index is 12.8. The SMILES string of the molecule is CCc1cc(CCC(=O)N2CCC(C3CCN(C(N)=O)CC3)CC2)cc2cn[nH]c12. The number of urea groups is 1. The molecular weight excluding hydrogens is 378 g/mol. The molecule has 2 aliphatic rings. The zero-order chi connectivity index (χ0) is 21.1. The third-order valence-electron chi connectivity index (χ3n) is 7.11. The van der Waals surface area contributed by atoms with Gasteiger partial charge in [0.25, 0.3) is 0 Å². The summed E-state index contributed by atoms with van der Waals surface area (Å²) >= 11 is 0. The Bertz CT molecular complexity index is 892. The zero-order valence-electron chi connectivity index (χ0n) is 17.9. The van der Waals surface area contributed by atoms with Crippen molar-refractivity contribution in [1.82, 2.24) is 20.0 Å². The van der Waals surface area contributed by atoms with E-state index in [9.17, 15) is 9.59 Å². The monoisotopic (exact) mass is 411 g/mol. The number of carbonyl (C=O) groups excluding carboxylic acids is 2. The summed E-state index contributed by atoms with van der Waals surface area (Å²) in [5.74, 6) is 1.59. The predicted octanol–water partition coefficient (Wildman–Crippen LogP) is 3.09. The number of H-pyrrole nitrogens is 1. The standard InChI is InChI=1S/C23H33N5O2/c1-2-17-13-16(14-20-15-25-26-22(17)20)3-4-21(29)27-9-5-18(6-10-27)19-7-11-28(12-8-19)23(24)30/h13-15,18-19H,2-12H2,1H3,(H2,24,30)(H,25,26). The zero-order valence-corrected chi connectivity index (χ0v) is 17.9. The third kappa shape index (κ3) is 4.45. The van der Waals surface area contributed by atoms with Gasteiger partial charge in [-0.25, -0.2) is 4.79 Å². The van der Waals surface area contributed by atoms with Gasteiger partial charge in [0, 0.05) is 38.0 Å². The van der Waals surface area contributed by atoms with Gasteiger partial charge in [0.05, 0.1) is 11.7 Å². The van der Waals surface area contributed by atoms with Gasteiger partial charge < -0.3 is 15.5 Å². The van der Waals surface area contributed by atoms with Crippen LogP contribution in [0.2, 0.25) is 0 Å². The van der Waals surface area contributed by atoms with E-state index in [4.69, 9.17) is 5.73 Å². The molecule has 3 amide bonds. The Hall–Kier alpha value is -2.57. The van der Waals surface area contributed by atoms with Crippen LogP contribution in [0.3, 0.4) is 0 Å². The topological polar surface area (TPSA) is 95.3 Å². The van der Waals surface area contributed by atoms with Crippen molar-refractivity contribution in [3.8, 4) is 0 Å². The largest absolute Gasteiger partial charge is 0.351 e. The number of piperidine rings is 2. The number of primary amides is 1. The van der Waals surface area contributed by atoms with Gasteiger partial charge in [-0.1, -0.05) is 13.0 Å². The van der Waals surface area contributed by atoms with Crippen molar-refractivity contribution in [3.05, 3.63) is 29.5 Å². The fourth-order valence-electron chi connectivity index (χ4n) is 5.24. The summed E-state index contributed by atoms with van der Waals surface area (Å²) in [6, 6.07) is 4.06. The number of aryl methyl sites for hydroxylation is 2. The maximum Gasteiger partial charge on any atom is 0.314 e. The van der Waals surface area contributed by atoms with Gasteiger partial charge in [-0.15, -0.1) is 0 Å². The summed E-state index contributed by atoms with van der Waals surface area (Å²) in [6.45, 7) is 5.42. The molecule has 0 radical (unpaired) electrons. The molecule has 0 atom stereocenters. The van der Waals surface area contributed by atoms with Gasteiger partial charge in [0.1, 0.15) is 0 Å². The predicted molar refractivity (Wildman–Crippen MR) is 117 cm³/mol. The quantitative estimate of drug-likeness (QED) is 0.791. The summed E-state index contributed by atoms with van der Waals surface area (Å²) in [7, 11) is 0. The van der Waals surface area contributed by atoms with Crippen LogP contribution in [-0.4, -0.2) is 58.1 Å². The first kappa shape index (κ1) is 20.7. The van der Waals surface area contributed by atoms with Gasteiger partial charge in [0.15, 0.2) is 0 Å². The van der Waals surface area contributed by atoms with Gasteiger partial charge in [-0.05, 0) is 67.6 Å². The molecule has 30 heavy (non-hydrogen) atoms. The molecule has 7 nitrogen and oxygen atoms in total. The van der Waals surface area contributed by atoms with E-state index in [0.717, 1.165) is 75.6 Å². The van der Waals surface area contributed by atoms with Crippen molar-refractivity contribution >= 4 is 22.8 Å². The number of nitrogens with two attached hydrogens (primary N) is 1. The van der Waals surface area contributed by atoms with Crippen LogP contribution in [-0.2, 0) is 17.6 Å². The molecule has 0 spiro atoms. The lowest BCUT2D eigenvalue weighted by molar-refractivity contribution is -0.132. The summed E-state index contributed by atoms with van der Waals surface area (Å²) < 4.78 is 0. The number of carbonyl (C=O) groups is 2. The fraction of sp³-hybridized carbons (Fsp3) is 0.609. The molecule has 3 N–H and O–H groups in total. The number of nitrogens with one attached hydrogen (secondary N) is 1. The van der Waals surface area contributed by atoms with Crippen LogP contribution in [0.25, 0.3) is 10.9 Å². The number of hydrogen-bond donors (Lipinski definition) is 2. The Morgan fingerprint density at radius 2 is 1.70 bits per heavy atom. The van der Waals surface area contributed by atoms with Crippen LogP contribution < -0.4 is 5.73 Å². The van der Waals surface area contributed by atoms with Crippen LogP contribution in [0.5, 0.6) is 0 Å². The molecule has 0 aliphatic carbocycles. The van der Waals surface area contributed by atoms with E-state index in [1.165, 1.54) is 11.1 Å². The van der Waals surface area contributed by atoms with Crippen LogP contribution >= 0.6 is 0 Å². The Labute approximate surface area is 178 Å². The first-order valence-corrected chi connectivity index (χ1v) is 11.3. The maximum atomic E-state index is 12.8. The van der Waals surface area contributed by atoms with E-state index in [-0.39, 0.29) is 11.9 Å². The summed E-state index contributed by atoms with van der Waals surface area (Å²) in [5, 5.41) is 8.35.